The zero-order valence-electron chi connectivity index (χ0n) is 16.0. The number of benzene rings is 2. The quantitative estimate of drug-likeness (QED) is 0.696. The molecule has 0 fully saturated rings. The van der Waals surface area contributed by atoms with Gasteiger partial charge in [-0.3, -0.25) is 4.79 Å². The molecule has 0 saturated carbocycles. The van der Waals surface area contributed by atoms with Gasteiger partial charge in [-0.2, -0.15) is 4.31 Å². The van der Waals surface area contributed by atoms with Crippen LogP contribution in [-0.4, -0.2) is 46.1 Å². The van der Waals surface area contributed by atoms with Gasteiger partial charge in [-0.25, -0.2) is 16.8 Å². The first kappa shape index (κ1) is 22.1. The first-order chi connectivity index (χ1) is 13.0. The largest absolute Gasteiger partial charge is 0.348 e. The van der Waals surface area contributed by atoms with Crippen LogP contribution in [0.1, 0.15) is 24.1 Å². The summed E-state index contributed by atoms with van der Waals surface area (Å²) in [6.07, 6.45) is 2.19. The summed E-state index contributed by atoms with van der Waals surface area (Å²) in [6, 6.07) is 14.8. The van der Waals surface area contributed by atoms with Crippen molar-refractivity contribution in [1.82, 2.24) is 9.62 Å². The van der Waals surface area contributed by atoms with E-state index in [0.29, 0.717) is 0 Å². The van der Waals surface area contributed by atoms with Crippen LogP contribution >= 0.6 is 0 Å². The first-order valence-corrected chi connectivity index (χ1v) is 12.3. The number of hydrogen-bond donors (Lipinski definition) is 1. The van der Waals surface area contributed by atoms with Crippen molar-refractivity contribution in [3.05, 3.63) is 65.7 Å². The predicted octanol–water partition coefficient (Wildman–Crippen LogP) is 1.73. The molecule has 0 saturated heterocycles. The molecule has 0 heterocycles. The maximum absolute atomic E-state index is 12.4. The molecule has 0 aliphatic rings. The second kappa shape index (κ2) is 8.85. The van der Waals surface area contributed by atoms with Crippen molar-refractivity contribution in [1.29, 1.82) is 0 Å². The molecule has 2 aromatic carbocycles. The smallest absolute Gasteiger partial charge is 0.235 e. The average Bonchev–Trinajstić information content (AvgIpc) is 2.60. The summed E-state index contributed by atoms with van der Waals surface area (Å²) in [4.78, 5) is 12.6. The topological polar surface area (TPSA) is 101 Å². The van der Waals surface area contributed by atoms with E-state index in [9.17, 15) is 21.6 Å². The van der Waals surface area contributed by atoms with Crippen LogP contribution in [0.3, 0.4) is 0 Å². The predicted molar refractivity (Wildman–Crippen MR) is 108 cm³/mol. The summed E-state index contributed by atoms with van der Waals surface area (Å²) < 4.78 is 48.3. The Labute approximate surface area is 166 Å². The van der Waals surface area contributed by atoms with Gasteiger partial charge >= 0.3 is 0 Å². The first-order valence-electron chi connectivity index (χ1n) is 8.55. The van der Waals surface area contributed by atoms with Gasteiger partial charge in [0.05, 0.1) is 23.7 Å². The SMILES string of the molecule is C[C@H](NC(=O)CN(Cc1ccccc1)S(C)(=O)=O)c1ccc(S(C)(=O)=O)cc1. The minimum absolute atomic E-state index is 0.102. The van der Waals surface area contributed by atoms with Gasteiger partial charge in [-0.15, -0.1) is 0 Å². The van der Waals surface area contributed by atoms with Crippen molar-refractivity contribution in [2.75, 3.05) is 19.1 Å². The molecule has 152 valence electrons. The molecule has 0 aliphatic heterocycles. The summed E-state index contributed by atoms with van der Waals surface area (Å²) in [6.45, 7) is 1.54. The van der Waals surface area contributed by atoms with E-state index >= 15 is 0 Å². The highest BCUT2D eigenvalue weighted by Crippen LogP contribution is 2.16. The lowest BCUT2D eigenvalue weighted by Gasteiger charge is -2.21. The van der Waals surface area contributed by atoms with Gasteiger partial charge in [-0.1, -0.05) is 42.5 Å². The monoisotopic (exact) mass is 424 g/mol. The molecule has 7 nitrogen and oxygen atoms in total. The number of rotatable bonds is 8. The third kappa shape index (κ3) is 6.43. The number of amides is 1. The Morgan fingerprint density at radius 2 is 1.54 bits per heavy atom. The van der Waals surface area contributed by atoms with Gasteiger partial charge in [0, 0.05) is 12.8 Å². The number of carbonyl (C=O) groups excluding carboxylic acids is 1. The molecule has 0 aliphatic carbocycles. The minimum Gasteiger partial charge on any atom is -0.348 e. The summed E-state index contributed by atoms with van der Waals surface area (Å²) in [5.74, 6) is -0.443. The summed E-state index contributed by atoms with van der Waals surface area (Å²) in [7, 11) is -6.87. The van der Waals surface area contributed by atoms with E-state index in [0.717, 1.165) is 27.9 Å². The van der Waals surface area contributed by atoms with Crippen LogP contribution in [0.5, 0.6) is 0 Å². The van der Waals surface area contributed by atoms with Crippen molar-refractivity contribution in [3.8, 4) is 0 Å². The second-order valence-electron chi connectivity index (χ2n) is 6.65. The molecule has 0 unspecified atom stereocenters. The second-order valence-corrected chi connectivity index (χ2v) is 10.6. The lowest BCUT2D eigenvalue weighted by Crippen LogP contribution is -2.40. The third-order valence-corrected chi connectivity index (χ3v) is 6.50. The van der Waals surface area contributed by atoms with E-state index in [1.165, 1.54) is 12.1 Å². The van der Waals surface area contributed by atoms with Gasteiger partial charge in [0.15, 0.2) is 9.84 Å². The van der Waals surface area contributed by atoms with Crippen LogP contribution in [0.15, 0.2) is 59.5 Å². The van der Waals surface area contributed by atoms with E-state index in [2.05, 4.69) is 5.32 Å². The number of carbonyl (C=O) groups is 1. The average molecular weight is 425 g/mol. The van der Waals surface area contributed by atoms with Crippen LogP contribution < -0.4 is 5.32 Å². The molecule has 0 aromatic heterocycles. The molecule has 28 heavy (non-hydrogen) atoms. The van der Waals surface area contributed by atoms with Crippen molar-refractivity contribution in [2.45, 2.75) is 24.4 Å². The Balaban J connectivity index is 2.05. The van der Waals surface area contributed by atoms with Crippen molar-refractivity contribution in [2.24, 2.45) is 0 Å². The fraction of sp³-hybridized carbons (Fsp3) is 0.316. The van der Waals surface area contributed by atoms with E-state index < -0.39 is 31.8 Å². The van der Waals surface area contributed by atoms with Crippen molar-refractivity contribution < 1.29 is 21.6 Å². The fourth-order valence-electron chi connectivity index (χ4n) is 2.61. The van der Waals surface area contributed by atoms with Gasteiger partial charge in [0.2, 0.25) is 15.9 Å². The highest BCUT2D eigenvalue weighted by Gasteiger charge is 2.21. The van der Waals surface area contributed by atoms with E-state index in [4.69, 9.17) is 0 Å². The number of sulfonamides is 1. The normalized spacial score (nSPS) is 13.3. The van der Waals surface area contributed by atoms with E-state index in [-0.39, 0.29) is 18.0 Å². The van der Waals surface area contributed by atoms with Crippen molar-refractivity contribution in [3.63, 3.8) is 0 Å². The zero-order chi connectivity index (χ0) is 20.9. The molecule has 0 spiro atoms. The Morgan fingerprint density at radius 3 is 2.04 bits per heavy atom. The number of nitrogens with one attached hydrogen (secondary N) is 1. The number of nitrogens with zero attached hydrogens (tertiary/aromatic N) is 1. The Kier molecular flexibility index (Phi) is 6.97. The molecule has 9 heteroatoms. The minimum atomic E-state index is -3.57. The Hall–Kier alpha value is -2.23. The third-order valence-electron chi connectivity index (χ3n) is 4.18. The van der Waals surface area contributed by atoms with Gasteiger partial charge < -0.3 is 5.32 Å². The lowest BCUT2D eigenvalue weighted by molar-refractivity contribution is -0.122. The molecule has 1 N–H and O–H groups in total. The molecule has 1 atom stereocenters. The van der Waals surface area contributed by atoms with Crippen molar-refractivity contribution >= 4 is 25.8 Å². The fourth-order valence-corrected chi connectivity index (χ4v) is 3.98. The van der Waals surface area contributed by atoms with E-state index in [1.54, 1.807) is 43.3 Å². The summed E-state index contributed by atoms with van der Waals surface area (Å²) in [5.41, 5.74) is 1.50. The lowest BCUT2D eigenvalue weighted by atomic mass is 10.1. The highest BCUT2D eigenvalue weighted by molar-refractivity contribution is 7.90. The highest BCUT2D eigenvalue weighted by atomic mass is 32.2. The van der Waals surface area contributed by atoms with Gasteiger partial charge in [0.1, 0.15) is 0 Å². The number of sulfone groups is 1. The maximum Gasteiger partial charge on any atom is 0.235 e. The molecular weight excluding hydrogens is 400 g/mol. The molecule has 2 aromatic rings. The standard InChI is InChI=1S/C19H24N2O5S2/c1-15(17-9-11-18(12-10-17)27(2,23)24)20-19(22)14-21(28(3,25)26)13-16-7-5-4-6-8-16/h4-12,15H,13-14H2,1-3H3,(H,20,22)/t15-/m0/s1. The van der Waals surface area contributed by atoms with Gasteiger partial charge in [-0.05, 0) is 30.2 Å². The Morgan fingerprint density at radius 1 is 0.964 bits per heavy atom. The summed E-state index contributed by atoms with van der Waals surface area (Å²) >= 11 is 0. The Bertz CT molecular complexity index is 1020. The van der Waals surface area contributed by atoms with Crippen LogP contribution in [0, 0.1) is 0 Å². The van der Waals surface area contributed by atoms with Crippen LogP contribution in [-0.2, 0) is 31.2 Å². The molecule has 1 amide bonds. The molecule has 0 bridgehead atoms. The maximum atomic E-state index is 12.4. The summed E-state index contributed by atoms with van der Waals surface area (Å²) in [5, 5.41) is 2.75. The zero-order valence-corrected chi connectivity index (χ0v) is 17.6. The molecule has 0 radical (unpaired) electrons. The number of hydrogen-bond acceptors (Lipinski definition) is 5. The van der Waals surface area contributed by atoms with E-state index in [1.807, 2.05) is 6.07 Å². The molecule has 2 rings (SSSR count). The molecular formula is C19H24N2O5S2. The van der Waals surface area contributed by atoms with Crippen LogP contribution in [0.25, 0.3) is 0 Å². The van der Waals surface area contributed by atoms with Gasteiger partial charge in [0.25, 0.3) is 0 Å². The van der Waals surface area contributed by atoms with Crippen LogP contribution in [0.4, 0.5) is 0 Å². The van der Waals surface area contributed by atoms with Crippen LogP contribution in [0.2, 0.25) is 0 Å².